The summed E-state index contributed by atoms with van der Waals surface area (Å²) in [6, 6.07) is 4.47. The van der Waals surface area contributed by atoms with Crippen LogP contribution in [0.25, 0.3) is 27.9 Å². The van der Waals surface area contributed by atoms with Gasteiger partial charge in [-0.2, -0.15) is 4.72 Å². The van der Waals surface area contributed by atoms with Crippen molar-refractivity contribution in [1.29, 1.82) is 0 Å². The molecule has 4 aromatic rings. The molecule has 0 aliphatic carbocycles. The molecule has 0 saturated carbocycles. The zero-order valence-corrected chi connectivity index (χ0v) is 20.2. The first-order valence-electron chi connectivity index (χ1n) is 10.7. The topological polar surface area (TPSA) is 123 Å². The SMILES string of the molecule is C#CCNS(=O)(=O)c1ccc(OCCC)c(-c2[nH]c3c(c2Cl)n(CCC)c(=O)n2cnnc32)c1. The second-order valence-electron chi connectivity index (χ2n) is 7.53. The molecule has 0 spiro atoms. The second kappa shape index (κ2) is 9.50. The number of hydrogen-bond donors (Lipinski definition) is 2. The monoisotopic (exact) mass is 502 g/mol. The van der Waals surface area contributed by atoms with Gasteiger partial charge in [-0.25, -0.2) is 17.6 Å². The standard InChI is InChI=1S/C22H23ClN6O4S/c1-4-9-25-34(31,32)14-7-8-16(33-11-6-3)15(12-14)18-17(23)20-19(26-18)21-27-24-13-29(21)22(30)28(20)10-5-2/h1,7-8,12-13,25-26H,5-6,9-11H2,2-3H3. The van der Waals surface area contributed by atoms with Gasteiger partial charge >= 0.3 is 5.69 Å². The third-order valence-corrected chi connectivity index (χ3v) is 6.96. The summed E-state index contributed by atoms with van der Waals surface area (Å²) < 4.78 is 36.6. The van der Waals surface area contributed by atoms with Crippen molar-refractivity contribution in [2.24, 2.45) is 0 Å². The molecule has 178 valence electrons. The summed E-state index contributed by atoms with van der Waals surface area (Å²) in [5.74, 6) is 2.69. The smallest absolute Gasteiger partial charge is 0.335 e. The van der Waals surface area contributed by atoms with Crippen molar-refractivity contribution in [3.05, 3.63) is 40.0 Å². The van der Waals surface area contributed by atoms with Gasteiger partial charge in [-0.15, -0.1) is 16.6 Å². The van der Waals surface area contributed by atoms with Crippen LogP contribution in [0.15, 0.2) is 34.2 Å². The first kappa shape index (κ1) is 23.8. The summed E-state index contributed by atoms with van der Waals surface area (Å²) in [5.41, 5.74) is 1.79. The Morgan fingerprint density at radius 1 is 1.29 bits per heavy atom. The van der Waals surface area contributed by atoms with E-state index in [-0.39, 0.29) is 22.2 Å². The zero-order chi connectivity index (χ0) is 24.5. The maximum atomic E-state index is 13.0. The summed E-state index contributed by atoms with van der Waals surface area (Å²) in [5, 5.41) is 8.19. The van der Waals surface area contributed by atoms with Gasteiger partial charge in [0.15, 0.2) is 5.65 Å². The van der Waals surface area contributed by atoms with Crippen molar-refractivity contribution in [3.8, 4) is 29.4 Å². The van der Waals surface area contributed by atoms with Crippen molar-refractivity contribution in [2.45, 2.75) is 38.1 Å². The van der Waals surface area contributed by atoms with Crippen molar-refractivity contribution < 1.29 is 13.2 Å². The van der Waals surface area contributed by atoms with Crippen LogP contribution in [-0.2, 0) is 16.6 Å². The van der Waals surface area contributed by atoms with Crippen LogP contribution in [0.1, 0.15) is 26.7 Å². The lowest BCUT2D eigenvalue weighted by molar-refractivity contribution is 0.318. The van der Waals surface area contributed by atoms with Gasteiger partial charge in [0.2, 0.25) is 10.0 Å². The lowest BCUT2D eigenvalue weighted by Gasteiger charge is -2.13. The number of nitrogens with one attached hydrogen (secondary N) is 2. The number of aryl methyl sites for hydroxylation is 1. The lowest BCUT2D eigenvalue weighted by atomic mass is 10.1. The molecule has 0 saturated heterocycles. The Morgan fingerprint density at radius 2 is 2.09 bits per heavy atom. The summed E-state index contributed by atoms with van der Waals surface area (Å²) in [4.78, 5) is 16.3. The van der Waals surface area contributed by atoms with E-state index in [9.17, 15) is 13.2 Å². The normalized spacial score (nSPS) is 11.8. The number of hydrogen-bond acceptors (Lipinski definition) is 6. The number of nitrogens with zero attached hydrogens (tertiary/aromatic N) is 4. The van der Waals surface area contributed by atoms with Gasteiger partial charge < -0.3 is 9.72 Å². The molecular formula is C22H23ClN6O4S. The van der Waals surface area contributed by atoms with E-state index in [2.05, 4.69) is 25.8 Å². The molecular weight excluding hydrogens is 480 g/mol. The van der Waals surface area contributed by atoms with E-state index in [0.717, 1.165) is 6.42 Å². The highest BCUT2D eigenvalue weighted by Crippen LogP contribution is 2.40. The number of terminal acetylenes is 1. The Morgan fingerprint density at radius 3 is 2.79 bits per heavy atom. The molecule has 12 heteroatoms. The fraction of sp³-hybridized carbons (Fsp3) is 0.318. The van der Waals surface area contributed by atoms with Crippen LogP contribution >= 0.6 is 11.6 Å². The summed E-state index contributed by atoms with van der Waals surface area (Å²) in [6.07, 6.45) is 7.99. The average Bonchev–Trinajstić information content (AvgIpc) is 3.44. The van der Waals surface area contributed by atoms with Crippen LogP contribution in [0.3, 0.4) is 0 Å². The number of rotatable bonds is 9. The van der Waals surface area contributed by atoms with Crippen LogP contribution in [0.4, 0.5) is 0 Å². The molecule has 0 aliphatic heterocycles. The first-order valence-corrected chi connectivity index (χ1v) is 12.5. The number of aromatic nitrogens is 5. The quantitative estimate of drug-likeness (QED) is 0.339. The molecule has 2 N–H and O–H groups in total. The number of fused-ring (bicyclic) bond motifs is 3. The number of sulfonamides is 1. The van der Waals surface area contributed by atoms with Gasteiger partial charge in [-0.1, -0.05) is 31.4 Å². The van der Waals surface area contributed by atoms with Gasteiger partial charge in [-0.05, 0) is 31.0 Å². The molecule has 0 atom stereocenters. The molecule has 0 radical (unpaired) electrons. The Balaban J connectivity index is 2.02. The maximum absolute atomic E-state index is 13.0. The van der Waals surface area contributed by atoms with Crippen LogP contribution < -0.4 is 15.1 Å². The number of aromatic amines is 1. The average molecular weight is 503 g/mol. The van der Waals surface area contributed by atoms with Crippen molar-refractivity contribution >= 4 is 38.3 Å². The van der Waals surface area contributed by atoms with Crippen molar-refractivity contribution in [2.75, 3.05) is 13.2 Å². The largest absolute Gasteiger partial charge is 0.493 e. The molecule has 0 aliphatic rings. The number of ether oxygens (including phenoxy) is 1. The van der Waals surface area contributed by atoms with E-state index in [1.54, 1.807) is 10.6 Å². The van der Waals surface area contributed by atoms with E-state index < -0.39 is 10.0 Å². The molecule has 34 heavy (non-hydrogen) atoms. The second-order valence-corrected chi connectivity index (χ2v) is 9.68. The minimum atomic E-state index is -3.87. The minimum absolute atomic E-state index is 0.00473. The molecule has 10 nitrogen and oxygen atoms in total. The molecule has 1 aromatic carbocycles. The Bertz CT molecular complexity index is 1580. The lowest BCUT2D eigenvalue weighted by Crippen LogP contribution is -2.26. The maximum Gasteiger partial charge on any atom is 0.335 e. The summed E-state index contributed by atoms with van der Waals surface area (Å²) in [7, 11) is -3.87. The summed E-state index contributed by atoms with van der Waals surface area (Å²) in [6.45, 7) is 4.60. The highest BCUT2D eigenvalue weighted by atomic mass is 35.5. The van der Waals surface area contributed by atoms with Crippen molar-refractivity contribution in [3.63, 3.8) is 0 Å². The predicted molar refractivity (Wildman–Crippen MR) is 130 cm³/mol. The van der Waals surface area contributed by atoms with E-state index >= 15 is 0 Å². The Labute approximate surface area is 201 Å². The van der Waals surface area contributed by atoms with Crippen LogP contribution in [-0.4, -0.2) is 45.7 Å². The molecule has 4 rings (SSSR count). The van der Waals surface area contributed by atoms with Crippen molar-refractivity contribution in [1.82, 2.24) is 28.9 Å². The molecule has 0 unspecified atom stereocenters. The molecule has 3 aromatic heterocycles. The Kier molecular flexibility index (Phi) is 6.65. The van der Waals surface area contributed by atoms with Gasteiger partial charge in [0.1, 0.15) is 17.6 Å². The van der Waals surface area contributed by atoms with E-state index in [1.165, 1.54) is 22.9 Å². The van der Waals surface area contributed by atoms with Gasteiger partial charge in [0.05, 0.1) is 34.3 Å². The number of benzene rings is 1. The predicted octanol–water partition coefficient (Wildman–Crippen LogP) is 2.80. The fourth-order valence-corrected chi connectivity index (χ4v) is 5.01. The number of halogens is 1. The first-order chi connectivity index (χ1) is 16.3. The highest BCUT2D eigenvalue weighted by molar-refractivity contribution is 7.89. The Hall–Kier alpha value is -3.33. The van der Waals surface area contributed by atoms with Gasteiger partial charge in [0.25, 0.3) is 0 Å². The van der Waals surface area contributed by atoms with Gasteiger partial charge in [-0.3, -0.25) is 4.57 Å². The van der Waals surface area contributed by atoms with Crippen LogP contribution in [0.5, 0.6) is 5.75 Å². The third-order valence-electron chi connectivity index (χ3n) is 5.20. The third kappa shape index (κ3) is 4.04. The fourth-order valence-electron chi connectivity index (χ4n) is 3.70. The molecule has 0 fully saturated rings. The number of H-pyrrole nitrogens is 1. The molecule has 0 amide bonds. The van der Waals surface area contributed by atoms with E-state index in [0.29, 0.717) is 53.3 Å². The highest BCUT2D eigenvalue weighted by Gasteiger charge is 2.24. The molecule has 3 heterocycles. The molecule has 0 bridgehead atoms. The van der Waals surface area contributed by atoms with Gasteiger partial charge in [0, 0.05) is 12.1 Å². The van der Waals surface area contributed by atoms with E-state index in [4.69, 9.17) is 22.8 Å². The summed E-state index contributed by atoms with van der Waals surface area (Å²) >= 11 is 6.83. The zero-order valence-electron chi connectivity index (χ0n) is 18.6. The van der Waals surface area contributed by atoms with Crippen LogP contribution in [0, 0.1) is 12.3 Å². The van der Waals surface area contributed by atoms with Crippen LogP contribution in [0.2, 0.25) is 5.02 Å². The minimum Gasteiger partial charge on any atom is -0.493 e. The van der Waals surface area contributed by atoms with E-state index in [1.807, 2.05) is 13.8 Å².